The molecule has 0 aliphatic rings. The van der Waals surface area contributed by atoms with Crippen molar-refractivity contribution >= 4 is 23.4 Å². The number of halogens is 1. The Morgan fingerprint density at radius 3 is 2.78 bits per heavy atom. The highest BCUT2D eigenvalue weighted by atomic mass is 35.5. The molecule has 27 heavy (non-hydrogen) atoms. The highest BCUT2D eigenvalue weighted by Gasteiger charge is 2.21. The Balaban J connectivity index is 1.51. The Bertz CT molecular complexity index is 1100. The van der Waals surface area contributed by atoms with Crippen molar-refractivity contribution in [3.8, 4) is 11.4 Å². The molecule has 0 radical (unpaired) electrons. The molecule has 0 saturated carbocycles. The van der Waals surface area contributed by atoms with Gasteiger partial charge in [-0.1, -0.05) is 29.8 Å². The van der Waals surface area contributed by atoms with Gasteiger partial charge in [0.25, 0.3) is 5.91 Å². The highest BCUT2D eigenvalue weighted by Crippen LogP contribution is 2.26. The maximum Gasteiger partial charge on any atom is 0.325 e. The number of carbonyl (C=O) groups is 1. The molecule has 0 saturated heterocycles. The van der Waals surface area contributed by atoms with Gasteiger partial charge < -0.3 is 9.73 Å². The molecule has 3 aromatic heterocycles. The van der Waals surface area contributed by atoms with Crippen LogP contribution in [0.3, 0.4) is 0 Å². The summed E-state index contributed by atoms with van der Waals surface area (Å²) in [5.41, 5.74) is 2.19. The lowest BCUT2D eigenvalue weighted by atomic mass is 10.2. The summed E-state index contributed by atoms with van der Waals surface area (Å²) in [4.78, 5) is 21.0. The predicted molar refractivity (Wildman–Crippen MR) is 101 cm³/mol. The van der Waals surface area contributed by atoms with E-state index in [0.717, 1.165) is 5.69 Å². The molecule has 4 rings (SSSR count). The van der Waals surface area contributed by atoms with E-state index in [1.807, 2.05) is 36.4 Å². The average Bonchev–Trinajstić information content (AvgIpc) is 3.22. The molecule has 0 unspecified atom stereocenters. The van der Waals surface area contributed by atoms with Crippen molar-refractivity contribution in [1.29, 1.82) is 0 Å². The summed E-state index contributed by atoms with van der Waals surface area (Å²) in [7, 11) is 0. The highest BCUT2D eigenvalue weighted by molar-refractivity contribution is 6.33. The van der Waals surface area contributed by atoms with E-state index in [1.165, 1.54) is 4.52 Å². The molecule has 0 spiro atoms. The van der Waals surface area contributed by atoms with Gasteiger partial charge in [-0.15, -0.1) is 5.10 Å². The fraction of sp³-hybridized carbons (Fsp3) is 0.158. The smallest absolute Gasteiger partial charge is 0.325 e. The first kappa shape index (κ1) is 17.2. The summed E-state index contributed by atoms with van der Waals surface area (Å²) in [6, 6.07) is 13.0. The number of oxazole rings is 1. The number of nitrogens with one attached hydrogen (secondary N) is 1. The number of fused-ring (bicyclic) bond motifs is 1. The first-order valence-corrected chi connectivity index (χ1v) is 8.80. The second kappa shape index (κ2) is 7.20. The second-order valence-corrected chi connectivity index (χ2v) is 6.36. The number of rotatable bonds is 5. The summed E-state index contributed by atoms with van der Waals surface area (Å²) < 4.78 is 7.13. The zero-order chi connectivity index (χ0) is 18.8. The number of benzene rings is 1. The molecule has 4 aromatic rings. The van der Waals surface area contributed by atoms with Crippen molar-refractivity contribution in [3.05, 3.63) is 70.8 Å². The monoisotopic (exact) mass is 381 g/mol. The van der Waals surface area contributed by atoms with Crippen LogP contribution in [0.15, 0.2) is 53.1 Å². The maximum atomic E-state index is 12.4. The zero-order valence-electron chi connectivity index (χ0n) is 14.5. The van der Waals surface area contributed by atoms with Crippen LogP contribution in [-0.2, 0) is 6.42 Å². The van der Waals surface area contributed by atoms with Gasteiger partial charge in [0.1, 0.15) is 0 Å². The Labute approximate surface area is 160 Å². The fourth-order valence-corrected chi connectivity index (χ4v) is 2.96. The number of aryl methyl sites for hydroxylation is 1. The molecule has 1 aromatic carbocycles. The van der Waals surface area contributed by atoms with E-state index >= 15 is 0 Å². The molecule has 0 fully saturated rings. The number of pyridine rings is 1. The van der Waals surface area contributed by atoms with Gasteiger partial charge >= 0.3 is 5.84 Å². The third-order valence-electron chi connectivity index (χ3n) is 4.13. The lowest BCUT2D eigenvalue weighted by Gasteiger charge is -2.03. The lowest BCUT2D eigenvalue weighted by molar-refractivity contribution is 0.0927. The number of hydrogen-bond acceptors (Lipinski definition) is 5. The number of aromatic nitrogens is 4. The summed E-state index contributed by atoms with van der Waals surface area (Å²) in [6.07, 6.45) is 2.36. The first-order valence-electron chi connectivity index (χ1n) is 8.42. The standard InChI is InChI=1S/C19H16ClN5O2/c1-12-16(18(26)22-11-9-13-6-4-5-10-21-13)27-19-23-17(24-25(12)19)14-7-2-3-8-15(14)20/h2-8,10H,9,11H2,1H3,(H,22,26). The molecular formula is C19H16ClN5O2. The van der Waals surface area contributed by atoms with Crippen LogP contribution >= 0.6 is 11.6 Å². The molecule has 7 nitrogen and oxygen atoms in total. The molecule has 1 amide bonds. The van der Waals surface area contributed by atoms with Crippen LogP contribution in [0.1, 0.15) is 21.9 Å². The molecule has 0 atom stereocenters. The minimum atomic E-state index is -0.310. The number of carbonyl (C=O) groups excluding carboxylic acids is 1. The van der Waals surface area contributed by atoms with E-state index in [1.54, 1.807) is 19.2 Å². The van der Waals surface area contributed by atoms with Crippen molar-refractivity contribution in [2.75, 3.05) is 6.54 Å². The van der Waals surface area contributed by atoms with Gasteiger partial charge in [0.05, 0.1) is 10.7 Å². The summed E-state index contributed by atoms with van der Waals surface area (Å²) >= 11 is 6.19. The third kappa shape index (κ3) is 3.41. The summed E-state index contributed by atoms with van der Waals surface area (Å²) in [6.45, 7) is 2.21. The van der Waals surface area contributed by atoms with E-state index in [2.05, 4.69) is 20.4 Å². The quantitative estimate of drug-likeness (QED) is 0.573. The van der Waals surface area contributed by atoms with Crippen molar-refractivity contribution in [3.63, 3.8) is 0 Å². The van der Waals surface area contributed by atoms with Gasteiger partial charge in [-0.25, -0.2) is 0 Å². The Morgan fingerprint density at radius 1 is 1.22 bits per heavy atom. The van der Waals surface area contributed by atoms with E-state index in [9.17, 15) is 4.79 Å². The number of hydrogen-bond donors (Lipinski definition) is 1. The minimum absolute atomic E-state index is 0.191. The van der Waals surface area contributed by atoms with Crippen LogP contribution in [0.5, 0.6) is 0 Å². The van der Waals surface area contributed by atoms with Gasteiger partial charge in [0.15, 0.2) is 5.82 Å². The third-order valence-corrected chi connectivity index (χ3v) is 4.46. The molecule has 3 heterocycles. The molecule has 136 valence electrons. The molecule has 8 heteroatoms. The van der Waals surface area contributed by atoms with E-state index in [4.69, 9.17) is 16.0 Å². The van der Waals surface area contributed by atoms with Gasteiger partial charge in [0, 0.05) is 30.4 Å². The first-order chi connectivity index (χ1) is 13.1. The van der Waals surface area contributed by atoms with Crippen LogP contribution in [-0.4, -0.2) is 32.0 Å². The van der Waals surface area contributed by atoms with Gasteiger partial charge in [0.2, 0.25) is 5.76 Å². The predicted octanol–water partition coefficient (Wildman–Crippen LogP) is 3.32. The fourth-order valence-electron chi connectivity index (χ4n) is 2.74. The molecule has 0 bridgehead atoms. The van der Waals surface area contributed by atoms with Crippen LogP contribution in [0.2, 0.25) is 5.02 Å². The van der Waals surface area contributed by atoms with E-state index in [0.29, 0.717) is 35.1 Å². The zero-order valence-corrected chi connectivity index (χ0v) is 15.3. The van der Waals surface area contributed by atoms with Crippen molar-refractivity contribution in [2.45, 2.75) is 13.3 Å². The van der Waals surface area contributed by atoms with Crippen LogP contribution in [0.25, 0.3) is 17.2 Å². The molecule has 0 aliphatic carbocycles. The Hall–Kier alpha value is -3.19. The maximum absolute atomic E-state index is 12.4. The summed E-state index contributed by atoms with van der Waals surface area (Å²) in [5, 5.41) is 7.80. The largest absolute Gasteiger partial charge is 0.416 e. The van der Waals surface area contributed by atoms with Crippen molar-refractivity contribution in [2.24, 2.45) is 0 Å². The van der Waals surface area contributed by atoms with E-state index in [-0.39, 0.29) is 17.5 Å². The average molecular weight is 382 g/mol. The van der Waals surface area contributed by atoms with Crippen LogP contribution in [0.4, 0.5) is 0 Å². The van der Waals surface area contributed by atoms with Crippen LogP contribution in [0, 0.1) is 6.92 Å². The number of nitrogens with zero attached hydrogens (tertiary/aromatic N) is 4. The Kier molecular flexibility index (Phi) is 4.60. The summed E-state index contributed by atoms with van der Waals surface area (Å²) in [5.74, 6) is 0.577. The minimum Gasteiger partial charge on any atom is -0.416 e. The second-order valence-electron chi connectivity index (χ2n) is 5.95. The van der Waals surface area contributed by atoms with Gasteiger partial charge in [-0.3, -0.25) is 9.78 Å². The Morgan fingerprint density at radius 2 is 2.04 bits per heavy atom. The normalized spacial score (nSPS) is 11.0. The van der Waals surface area contributed by atoms with Crippen molar-refractivity contribution < 1.29 is 9.21 Å². The number of amides is 1. The van der Waals surface area contributed by atoms with Crippen molar-refractivity contribution in [1.82, 2.24) is 24.9 Å². The topological polar surface area (TPSA) is 85.3 Å². The molecular weight excluding hydrogens is 366 g/mol. The van der Waals surface area contributed by atoms with Gasteiger partial charge in [-0.2, -0.15) is 9.50 Å². The van der Waals surface area contributed by atoms with Gasteiger partial charge in [-0.05, 0) is 31.2 Å². The van der Waals surface area contributed by atoms with E-state index < -0.39 is 0 Å². The lowest BCUT2D eigenvalue weighted by Crippen LogP contribution is -2.26. The van der Waals surface area contributed by atoms with Crippen LogP contribution < -0.4 is 5.32 Å². The SMILES string of the molecule is Cc1c(C(=O)NCCc2ccccn2)oc2nc(-c3ccccc3Cl)nn12. The molecule has 1 N–H and O–H groups in total. The molecule has 0 aliphatic heterocycles.